The summed E-state index contributed by atoms with van der Waals surface area (Å²) in [5.74, 6) is 0. The summed E-state index contributed by atoms with van der Waals surface area (Å²) in [6.45, 7) is 0. The van der Waals surface area contributed by atoms with Crippen LogP contribution in [0.3, 0.4) is 0 Å². The molecular formula is C12H14N4. The minimum Gasteiger partial charge on any atom is -0.313 e. The summed E-state index contributed by atoms with van der Waals surface area (Å²) < 4.78 is 0. The van der Waals surface area contributed by atoms with Gasteiger partial charge in [0.05, 0.1) is 5.69 Å². The lowest BCUT2D eigenvalue weighted by molar-refractivity contribution is 0.857. The Balaban J connectivity index is 2.47. The van der Waals surface area contributed by atoms with Gasteiger partial charge in [-0.05, 0) is 37.1 Å². The predicted octanol–water partition coefficient (Wildman–Crippen LogP) is 2.26. The zero-order chi connectivity index (χ0) is 11.4. The summed E-state index contributed by atoms with van der Waals surface area (Å²) in [4.78, 5) is 0. The third kappa shape index (κ3) is 2.05. The van der Waals surface area contributed by atoms with Crippen LogP contribution in [0.1, 0.15) is 30.5 Å². The molecule has 0 radical (unpaired) electrons. The van der Waals surface area contributed by atoms with Crippen molar-refractivity contribution in [1.29, 1.82) is 10.8 Å². The molecule has 4 heteroatoms. The first-order valence-corrected chi connectivity index (χ1v) is 5.40. The Morgan fingerprint density at radius 1 is 1.38 bits per heavy atom. The quantitative estimate of drug-likeness (QED) is 0.585. The Hall–Kier alpha value is -1.84. The molecule has 0 unspecified atom stereocenters. The van der Waals surface area contributed by atoms with Crippen LogP contribution in [0, 0.1) is 10.8 Å². The number of fused-ring (bicyclic) bond motifs is 1. The van der Waals surface area contributed by atoms with Crippen LogP contribution in [-0.2, 0) is 6.42 Å². The minimum atomic E-state index is 0.549. The Bertz CT molecular complexity index is 448. The molecule has 0 aromatic carbocycles. The van der Waals surface area contributed by atoms with E-state index in [4.69, 9.17) is 10.8 Å². The van der Waals surface area contributed by atoms with E-state index in [0.29, 0.717) is 12.1 Å². The Kier molecular flexibility index (Phi) is 3.19. The standard InChI is InChI=1S/C12H14N4/c13-7-2-4-10-11(14)5-1-3-9-6-8-15-16-12(9)10/h4,6-8,13-14H,1-3,5H2/b10-4+,13-7?,14-11?. The van der Waals surface area contributed by atoms with E-state index in [1.807, 2.05) is 12.1 Å². The van der Waals surface area contributed by atoms with Crippen LogP contribution in [0.5, 0.6) is 0 Å². The summed E-state index contributed by atoms with van der Waals surface area (Å²) >= 11 is 0. The topological polar surface area (TPSA) is 73.5 Å². The second-order valence-electron chi connectivity index (χ2n) is 3.79. The zero-order valence-corrected chi connectivity index (χ0v) is 9.03. The lowest BCUT2D eigenvalue weighted by atomic mass is 10.0. The van der Waals surface area contributed by atoms with Gasteiger partial charge in [-0.3, -0.25) is 0 Å². The molecule has 0 aliphatic heterocycles. The van der Waals surface area contributed by atoms with Crippen LogP contribution >= 0.6 is 0 Å². The number of aryl methyl sites for hydroxylation is 1. The van der Waals surface area contributed by atoms with Crippen molar-refractivity contribution < 1.29 is 0 Å². The van der Waals surface area contributed by atoms with Crippen molar-refractivity contribution >= 4 is 17.5 Å². The lowest BCUT2D eigenvalue weighted by Crippen LogP contribution is -2.02. The van der Waals surface area contributed by atoms with Gasteiger partial charge < -0.3 is 10.8 Å². The van der Waals surface area contributed by atoms with Crippen molar-refractivity contribution in [3.05, 3.63) is 29.6 Å². The summed E-state index contributed by atoms with van der Waals surface area (Å²) in [6, 6.07) is 1.97. The maximum Gasteiger partial charge on any atom is 0.0976 e. The smallest absolute Gasteiger partial charge is 0.0976 e. The zero-order valence-electron chi connectivity index (χ0n) is 9.03. The molecule has 2 rings (SSSR count). The Labute approximate surface area is 94.4 Å². The molecule has 82 valence electrons. The average molecular weight is 214 g/mol. The summed E-state index contributed by atoms with van der Waals surface area (Å²) in [6.07, 6.45) is 8.19. The molecule has 1 aliphatic rings. The largest absolute Gasteiger partial charge is 0.313 e. The maximum absolute atomic E-state index is 7.98. The number of rotatable bonds is 2. The molecule has 1 aromatic rings. The van der Waals surface area contributed by atoms with Gasteiger partial charge >= 0.3 is 0 Å². The molecule has 0 amide bonds. The number of nitrogens with one attached hydrogen (secondary N) is 2. The molecule has 1 aromatic heterocycles. The van der Waals surface area contributed by atoms with Crippen molar-refractivity contribution in [1.82, 2.24) is 10.2 Å². The lowest BCUT2D eigenvalue weighted by Gasteiger charge is -2.06. The monoisotopic (exact) mass is 214 g/mol. The second-order valence-corrected chi connectivity index (χ2v) is 3.79. The highest BCUT2D eigenvalue weighted by Crippen LogP contribution is 2.25. The third-order valence-electron chi connectivity index (χ3n) is 2.70. The van der Waals surface area contributed by atoms with E-state index in [9.17, 15) is 0 Å². The van der Waals surface area contributed by atoms with E-state index in [1.54, 1.807) is 6.20 Å². The van der Waals surface area contributed by atoms with E-state index < -0.39 is 0 Å². The number of hydrogen-bond acceptors (Lipinski definition) is 4. The number of aromatic nitrogens is 2. The minimum absolute atomic E-state index is 0.549. The molecule has 0 bridgehead atoms. The molecule has 0 saturated carbocycles. The molecule has 2 N–H and O–H groups in total. The second kappa shape index (κ2) is 4.79. The predicted molar refractivity (Wildman–Crippen MR) is 64.1 cm³/mol. The van der Waals surface area contributed by atoms with E-state index in [2.05, 4.69) is 10.2 Å². The van der Waals surface area contributed by atoms with Gasteiger partial charge in [-0.1, -0.05) is 6.08 Å². The molecule has 16 heavy (non-hydrogen) atoms. The fraction of sp³-hybridized carbons (Fsp3) is 0.333. The van der Waals surface area contributed by atoms with Crippen molar-refractivity contribution in [2.45, 2.75) is 25.7 Å². The van der Waals surface area contributed by atoms with Crippen molar-refractivity contribution in [2.24, 2.45) is 0 Å². The Morgan fingerprint density at radius 3 is 3.06 bits per heavy atom. The van der Waals surface area contributed by atoms with Crippen LogP contribution in [0.4, 0.5) is 0 Å². The Morgan fingerprint density at radius 2 is 2.25 bits per heavy atom. The molecule has 0 atom stereocenters. The van der Waals surface area contributed by atoms with Crippen molar-refractivity contribution in [2.75, 3.05) is 0 Å². The normalized spacial score (nSPS) is 18.0. The van der Waals surface area contributed by atoms with Gasteiger partial charge in [0.25, 0.3) is 0 Å². The first-order chi connectivity index (χ1) is 7.83. The van der Waals surface area contributed by atoms with Gasteiger partial charge in [-0.2, -0.15) is 10.2 Å². The van der Waals surface area contributed by atoms with E-state index in [0.717, 1.165) is 36.1 Å². The van der Waals surface area contributed by atoms with Crippen LogP contribution < -0.4 is 0 Å². The first kappa shape index (κ1) is 10.7. The van der Waals surface area contributed by atoms with Crippen LogP contribution in [0.2, 0.25) is 0 Å². The third-order valence-corrected chi connectivity index (χ3v) is 2.70. The fourth-order valence-electron chi connectivity index (χ4n) is 1.92. The summed E-state index contributed by atoms with van der Waals surface area (Å²) in [5.41, 5.74) is 3.45. The molecule has 1 aliphatic carbocycles. The van der Waals surface area contributed by atoms with Crippen molar-refractivity contribution in [3.8, 4) is 0 Å². The van der Waals surface area contributed by atoms with Gasteiger partial charge in [-0.25, -0.2) is 0 Å². The number of nitrogens with zero attached hydrogens (tertiary/aromatic N) is 2. The number of allylic oxidation sites excluding steroid dienone is 2. The molecule has 0 saturated heterocycles. The van der Waals surface area contributed by atoms with E-state index >= 15 is 0 Å². The fourth-order valence-corrected chi connectivity index (χ4v) is 1.92. The summed E-state index contributed by atoms with van der Waals surface area (Å²) in [5, 5.41) is 23.1. The number of hydrogen-bond donors (Lipinski definition) is 2. The van der Waals surface area contributed by atoms with Gasteiger partial charge in [0, 0.05) is 23.9 Å². The molecule has 0 fully saturated rings. The molecule has 4 nitrogen and oxygen atoms in total. The highest BCUT2D eigenvalue weighted by atomic mass is 15.1. The molecular weight excluding hydrogens is 200 g/mol. The van der Waals surface area contributed by atoms with Gasteiger partial charge in [-0.15, -0.1) is 0 Å². The molecule has 0 spiro atoms. The SMILES string of the molecule is N=CC/C=C1\C(=N)CCCc2ccnnc21. The van der Waals surface area contributed by atoms with E-state index in [1.165, 1.54) is 6.21 Å². The highest BCUT2D eigenvalue weighted by molar-refractivity contribution is 6.22. The van der Waals surface area contributed by atoms with Gasteiger partial charge in [0.15, 0.2) is 0 Å². The summed E-state index contributed by atoms with van der Waals surface area (Å²) in [7, 11) is 0. The van der Waals surface area contributed by atoms with Crippen LogP contribution in [0.15, 0.2) is 18.3 Å². The van der Waals surface area contributed by atoms with Crippen LogP contribution in [0.25, 0.3) is 5.57 Å². The van der Waals surface area contributed by atoms with Crippen LogP contribution in [-0.4, -0.2) is 22.1 Å². The highest BCUT2D eigenvalue weighted by Gasteiger charge is 2.17. The van der Waals surface area contributed by atoms with Gasteiger partial charge in [0.1, 0.15) is 0 Å². The van der Waals surface area contributed by atoms with E-state index in [-0.39, 0.29) is 0 Å². The molecule has 1 heterocycles. The first-order valence-electron chi connectivity index (χ1n) is 5.40. The maximum atomic E-state index is 7.98. The van der Waals surface area contributed by atoms with Gasteiger partial charge in [0.2, 0.25) is 0 Å². The van der Waals surface area contributed by atoms with Crippen molar-refractivity contribution in [3.63, 3.8) is 0 Å². The average Bonchev–Trinajstić information content (AvgIpc) is 2.46.